The molecule has 2 aromatic rings. The zero-order valence-electron chi connectivity index (χ0n) is 16.9. The van der Waals surface area contributed by atoms with Crippen LogP contribution in [0.4, 0.5) is 14.9 Å². The highest BCUT2D eigenvalue weighted by molar-refractivity contribution is 8.26. The molecule has 164 valence electrons. The van der Waals surface area contributed by atoms with E-state index in [-0.39, 0.29) is 24.9 Å². The van der Waals surface area contributed by atoms with E-state index in [2.05, 4.69) is 10.6 Å². The lowest BCUT2D eigenvalue weighted by atomic mass is 10.0. The number of carbonyl (C=O) groups is 3. The molecule has 2 heterocycles. The fourth-order valence-electron chi connectivity index (χ4n) is 3.33. The molecule has 1 atom stereocenters. The number of thiocarbonyl (C=S) groups is 1. The zero-order valence-corrected chi connectivity index (χ0v) is 18.5. The second-order valence-corrected chi connectivity index (χ2v) is 8.91. The monoisotopic (exact) mass is 471 g/mol. The number of hydrogen-bond acceptors (Lipinski definition) is 6. The average molecular weight is 472 g/mol. The molecule has 2 aliphatic rings. The predicted molar refractivity (Wildman–Crippen MR) is 124 cm³/mol. The topological polar surface area (TPSA) is 87.7 Å². The van der Waals surface area contributed by atoms with E-state index in [1.54, 1.807) is 42.5 Å². The van der Waals surface area contributed by atoms with Crippen molar-refractivity contribution in [2.75, 3.05) is 18.0 Å². The highest BCUT2D eigenvalue weighted by Gasteiger charge is 2.32. The first-order valence-electron chi connectivity index (χ1n) is 9.67. The van der Waals surface area contributed by atoms with Gasteiger partial charge in [0.1, 0.15) is 16.2 Å². The summed E-state index contributed by atoms with van der Waals surface area (Å²) >= 11 is 6.17. The molecule has 2 N–H and O–H groups in total. The molecule has 3 amide bonds. The van der Waals surface area contributed by atoms with Crippen LogP contribution in [0.1, 0.15) is 12.5 Å². The van der Waals surface area contributed by atoms with Crippen molar-refractivity contribution in [2.45, 2.75) is 13.0 Å². The maximum atomic E-state index is 14.9. The number of anilines is 1. The SMILES string of the molecule is CC(=O)NC[C@H]1CN(c2ccc(-c3ccc(/C=C4\SC(=S)NC4=O)cc3)c(F)c2)C(=O)O1. The van der Waals surface area contributed by atoms with Crippen molar-refractivity contribution in [1.82, 2.24) is 10.6 Å². The molecule has 0 unspecified atom stereocenters. The van der Waals surface area contributed by atoms with Gasteiger partial charge < -0.3 is 15.4 Å². The lowest BCUT2D eigenvalue weighted by Gasteiger charge is -2.14. The molecule has 0 aliphatic carbocycles. The van der Waals surface area contributed by atoms with Crippen molar-refractivity contribution in [3.63, 3.8) is 0 Å². The highest BCUT2D eigenvalue weighted by Crippen LogP contribution is 2.30. The van der Waals surface area contributed by atoms with E-state index in [9.17, 15) is 18.8 Å². The van der Waals surface area contributed by atoms with Gasteiger partial charge in [-0.05, 0) is 35.4 Å². The van der Waals surface area contributed by atoms with E-state index in [1.165, 1.54) is 29.7 Å². The Morgan fingerprint density at radius 2 is 2.06 bits per heavy atom. The number of rotatable bonds is 5. The molecule has 32 heavy (non-hydrogen) atoms. The minimum atomic E-state index is -0.585. The van der Waals surface area contributed by atoms with Crippen LogP contribution in [-0.2, 0) is 14.3 Å². The van der Waals surface area contributed by atoms with E-state index >= 15 is 0 Å². The van der Waals surface area contributed by atoms with Gasteiger partial charge in [-0.1, -0.05) is 48.2 Å². The average Bonchev–Trinajstić information content (AvgIpc) is 3.28. The highest BCUT2D eigenvalue weighted by atomic mass is 32.2. The second kappa shape index (κ2) is 9.09. The Kier molecular flexibility index (Phi) is 6.24. The molecule has 0 bridgehead atoms. The van der Waals surface area contributed by atoms with Crippen molar-refractivity contribution in [1.29, 1.82) is 0 Å². The van der Waals surface area contributed by atoms with E-state index in [4.69, 9.17) is 17.0 Å². The van der Waals surface area contributed by atoms with Crippen LogP contribution >= 0.6 is 24.0 Å². The number of cyclic esters (lactones) is 1. The summed E-state index contributed by atoms with van der Waals surface area (Å²) in [5.74, 6) is -0.931. The van der Waals surface area contributed by atoms with Crippen molar-refractivity contribution in [2.24, 2.45) is 0 Å². The first-order valence-corrected chi connectivity index (χ1v) is 10.9. The largest absolute Gasteiger partial charge is 0.442 e. The normalized spacial score (nSPS) is 19.3. The van der Waals surface area contributed by atoms with Crippen LogP contribution in [0.5, 0.6) is 0 Å². The Labute approximate surface area is 193 Å². The summed E-state index contributed by atoms with van der Waals surface area (Å²) in [5.41, 5.74) is 2.20. The summed E-state index contributed by atoms with van der Waals surface area (Å²) in [4.78, 5) is 36.8. The number of amides is 3. The first kappa shape index (κ1) is 22.0. The predicted octanol–water partition coefficient (Wildman–Crippen LogP) is 3.44. The lowest BCUT2D eigenvalue weighted by molar-refractivity contribution is -0.119. The van der Waals surface area contributed by atoms with Crippen molar-refractivity contribution in [3.05, 3.63) is 58.8 Å². The Morgan fingerprint density at radius 1 is 1.31 bits per heavy atom. The van der Waals surface area contributed by atoms with Crippen molar-refractivity contribution in [3.8, 4) is 11.1 Å². The van der Waals surface area contributed by atoms with E-state index < -0.39 is 18.0 Å². The van der Waals surface area contributed by atoms with Gasteiger partial charge in [-0.2, -0.15) is 0 Å². The number of nitrogens with one attached hydrogen (secondary N) is 2. The smallest absolute Gasteiger partial charge is 0.414 e. The van der Waals surface area contributed by atoms with Gasteiger partial charge in [0.05, 0.1) is 23.7 Å². The van der Waals surface area contributed by atoms with Crippen molar-refractivity contribution < 1.29 is 23.5 Å². The molecule has 0 aromatic heterocycles. The number of carbonyl (C=O) groups excluding carboxylic acids is 3. The molecular weight excluding hydrogens is 453 g/mol. The minimum Gasteiger partial charge on any atom is -0.442 e. The number of thioether (sulfide) groups is 1. The third-order valence-corrected chi connectivity index (χ3v) is 6.04. The quantitative estimate of drug-likeness (QED) is 0.513. The number of hydrogen-bond donors (Lipinski definition) is 2. The Balaban J connectivity index is 1.48. The zero-order chi connectivity index (χ0) is 22.8. The van der Waals surface area contributed by atoms with E-state index in [0.29, 0.717) is 26.0 Å². The number of benzene rings is 2. The minimum absolute atomic E-state index is 0.201. The van der Waals surface area contributed by atoms with Gasteiger partial charge in [0.25, 0.3) is 5.91 Å². The van der Waals surface area contributed by atoms with Gasteiger partial charge in [-0.15, -0.1) is 0 Å². The molecule has 10 heteroatoms. The molecule has 0 saturated carbocycles. The summed E-state index contributed by atoms with van der Waals surface area (Å²) in [6.45, 7) is 1.80. The summed E-state index contributed by atoms with van der Waals surface area (Å²) in [6, 6.07) is 11.6. The van der Waals surface area contributed by atoms with Crippen LogP contribution in [0.2, 0.25) is 0 Å². The second-order valence-electron chi connectivity index (χ2n) is 7.19. The summed E-state index contributed by atoms with van der Waals surface area (Å²) < 4.78 is 20.5. The van der Waals surface area contributed by atoms with Crippen LogP contribution in [0, 0.1) is 5.82 Å². The van der Waals surface area contributed by atoms with Gasteiger partial charge in [0.15, 0.2) is 0 Å². The standard InChI is InChI=1S/C22H18FN3O4S2/c1-12(27)24-10-16-11-26(22(29)30-16)15-6-7-17(18(23)9-15)14-4-2-13(3-5-14)8-19-20(28)25-21(31)32-19/h2-9,16H,10-11H2,1H3,(H,24,27)(H,25,28,31)/b19-8-/t16-/m0/s1. The molecule has 4 rings (SSSR count). The molecule has 0 spiro atoms. The fraction of sp³-hybridized carbons (Fsp3) is 0.182. The molecule has 7 nitrogen and oxygen atoms in total. The van der Waals surface area contributed by atoms with E-state index in [1.807, 2.05) is 0 Å². The summed E-state index contributed by atoms with van der Waals surface area (Å²) in [7, 11) is 0. The van der Waals surface area contributed by atoms with Crippen LogP contribution < -0.4 is 15.5 Å². The van der Waals surface area contributed by atoms with Crippen LogP contribution in [0.15, 0.2) is 47.4 Å². The van der Waals surface area contributed by atoms with Gasteiger partial charge >= 0.3 is 6.09 Å². The maximum absolute atomic E-state index is 14.9. The summed E-state index contributed by atoms with van der Waals surface area (Å²) in [5, 5.41) is 5.16. The third-order valence-electron chi connectivity index (χ3n) is 4.88. The number of ether oxygens (including phenoxy) is 1. The molecular formula is C22H18FN3O4S2. The van der Waals surface area contributed by atoms with E-state index in [0.717, 1.165) is 5.56 Å². The van der Waals surface area contributed by atoms with Gasteiger partial charge in [-0.3, -0.25) is 14.5 Å². The Morgan fingerprint density at radius 3 is 2.69 bits per heavy atom. The Bertz CT molecular complexity index is 1150. The molecule has 2 fully saturated rings. The lowest BCUT2D eigenvalue weighted by Crippen LogP contribution is -2.33. The summed E-state index contributed by atoms with van der Waals surface area (Å²) in [6.07, 6.45) is 0.641. The molecule has 2 saturated heterocycles. The third kappa shape index (κ3) is 4.81. The van der Waals surface area contributed by atoms with Crippen LogP contribution in [-0.4, -0.2) is 41.4 Å². The van der Waals surface area contributed by atoms with Crippen molar-refractivity contribution >= 4 is 58.0 Å². The Hall–Kier alpha value is -3.24. The van der Waals surface area contributed by atoms with Gasteiger partial charge in [0.2, 0.25) is 5.91 Å². The van der Waals surface area contributed by atoms with Gasteiger partial charge in [-0.25, -0.2) is 9.18 Å². The van der Waals surface area contributed by atoms with Crippen LogP contribution in [0.25, 0.3) is 17.2 Å². The molecule has 2 aliphatic heterocycles. The maximum Gasteiger partial charge on any atom is 0.414 e. The molecule has 2 aromatic carbocycles. The number of nitrogens with zero attached hydrogens (tertiary/aromatic N) is 1. The first-order chi connectivity index (χ1) is 15.3. The molecule has 0 radical (unpaired) electrons. The van der Waals surface area contributed by atoms with Crippen LogP contribution in [0.3, 0.4) is 0 Å². The van der Waals surface area contributed by atoms with Gasteiger partial charge in [0, 0.05) is 12.5 Å². The number of halogens is 1. The fourth-order valence-corrected chi connectivity index (χ4v) is 4.38.